The quantitative estimate of drug-likeness (QED) is 0.756. The molecule has 0 fully saturated rings. The fraction of sp³-hybridized carbons (Fsp3) is 0.538. The second-order valence-electron chi connectivity index (χ2n) is 4.71. The summed E-state index contributed by atoms with van der Waals surface area (Å²) in [7, 11) is -2.24. The van der Waals surface area contributed by atoms with Gasteiger partial charge in [-0.1, -0.05) is 17.7 Å². The fourth-order valence-electron chi connectivity index (χ4n) is 1.67. The van der Waals surface area contributed by atoms with Gasteiger partial charge >= 0.3 is 6.18 Å². The smallest absolute Gasteiger partial charge is 0.207 e. The zero-order valence-electron chi connectivity index (χ0n) is 11.4. The van der Waals surface area contributed by atoms with Crippen molar-refractivity contribution in [3.63, 3.8) is 0 Å². The van der Waals surface area contributed by atoms with E-state index in [4.69, 9.17) is 0 Å². The van der Waals surface area contributed by atoms with Gasteiger partial charge in [-0.3, -0.25) is 0 Å². The van der Waals surface area contributed by atoms with Crippen molar-refractivity contribution < 1.29 is 21.6 Å². The van der Waals surface area contributed by atoms with Gasteiger partial charge in [-0.15, -0.1) is 0 Å². The van der Waals surface area contributed by atoms with Crippen molar-refractivity contribution >= 4 is 10.0 Å². The molecule has 0 radical (unpaired) electrons. The molecule has 0 saturated heterocycles. The van der Waals surface area contributed by atoms with Gasteiger partial charge in [-0.2, -0.15) is 13.2 Å². The standard InChI is InChI=1S/C13H18F3NO2S/c1-11-5-7-12(8-6-11)20(18,19)17(2)10-4-3-9-13(14,15)16/h5-8H,3-4,9-10H2,1-2H3. The topological polar surface area (TPSA) is 37.4 Å². The summed E-state index contributed by atoms with van der Waals surface area (Å²) in [5.41, 5.74) is 0.941. The van der Waals surface area contributed by atoms with Crippen LogP contribution in [0.4, 0.5) is 13.2 Å². The van der Waals surface area contributed by atoms with E-state index in [9.17, 15) is 21.6 Å². The minimum Gasteiger partial charge on any atom is -0.207 e. The molecule has 0 N–H and O–H groups in total. The molecule has 0 amide bonds. The molecular weight excluding hydrogens is 291 g/mol. The summed E-state index contributed by atoms with van der Waals surface area (Å²) in [4.78, 5) is 0.154. The van der Waals surface area contributed by atoms with E-state index in [1.807, 2.05) is 6.92 Å². The normalized spacial score (nSPS) is 12.9. The summed E-state index contributed by atoms with van der Waals surface area (Å²) in [6.07, 6.45) is -4.96. The van der Waals surface area contributed by atoms with Gasteiger partial charge in [-0.05, 0) is 31.9 Å². The van der Waals surface area contributed by atoms with Crippen LogP contribution in [0.2, 0.25) is 0 Å². The highest BCUT2D eigenvalue weighted by Crippen LogP contribution is 2.22. The van der Waals surface area contributed by atoms with Crippen LogP contribution in [0.15, 0.2) is 29.2 Å². The molecule has 0 aliphatic rings. The Morgan fingerprint density at radius 2 is 1.65 bits per heavy atom. The molecule has 114 valence electrons. The Labute approximate surface area is 117 Å². The van der Waals surface area contributed by atoms with E-state index in [1.54, 1.807) is 12.1 Å². The number of hydrogen-bond donors (Lipinski definition) is 0. The Morgan fingerprint density at radius 1 is 1.10 bits per heavy atom. The van der Waals surface area contributed by atoms with Gasteiger partial charge in [0.15, 0.2) is 0 Å². The largest absolute Gasteiger partial charge is 0.389 e. The van der Waals surface area contributed by atoms with Crippen LogP contribution in [0, 0.1) is 6.92 Å². The Hall–Kier alpha value is -1.08. The molecule has 0 saturated carbocycles. The molecule has 0 heterocycles. The van der Waals surface area contributed by atoms with E-state index >= 15 is 0 Å². The number of sulfonamides is 1. The Kier molecular flexibility index (Phi) is 5.59. The molecule has 0 unspecified atom stereocenters. The molecule has 1 aromatic carbocycles. The van der Waals surface area contributed by atoms with Gasteiger partial charge in [0.25, 0.3) is 0 Å². The van der Waals surface area contributed by atoms with E-state index in [-0.39, 0.29) is 24.3 Å². The maximum absolute atomic E-state index is 12.1. The van der Waals surface area contributed by atoms with Crippen LogP contribution in [-0.4, -0.2) is 32.5 Å². The van der Waals surface area contributed by atoms with E-state index in [0.29, 0.717) is 0 Å². The number of hydrogen-bond acceptors (Lipinski definition) is 2. The van der Waals surface area contributed by atoms with Crippen LogP contribution in [0.3, 0.4) is 0 Å². The maximum atomic E-state index is 12.1. The second-order valence-corrected chi connectivity index (χ2v) is 6.76. The third-order valence-electron chi connectivity index (χ3n) is 2.91. The number of alkyl halides is 3. The Morgan fingerprint density at radius 3 is 2.15 bits per heavy atom. The monoisotopic (exact) mass is 309 g/mol. The van der Waals surface area contributed by atoms with Gasteiger partial charge in [0, 0.05) is 20.0 Å². The summed E-state index contributed by atoms with van der Waals surface area (Å²) in [5, 5.41) is 0. The Balaban J connectivity index is 2.57. The van der Waals surface area contributed by atoms with Crippen LogP contribution < -0.4 is 0 Å². The highest BCUT2D eigenvalue weighted by molar-refractivity contribution is 7.89. The predicted octanol–water partition coefficient (Wildman–Crippen LogP) is 3.35. The van der Waals surface area contributed by atoms with Crippen molar-refractivity contribution in [1.82, 2.24) is 4.31 Å². The molecule has 0 aliphatic heterocycles. The van der Waals surface area contributed by atoms with Gasteiger partial charge in [0.1, 0.15) is 0 Å². The molecule has 0 aromatic heterocycles. The molecule has 1 aromatic rings. The molecule has 0 aliphatic carbocycles. The van der Waals surface area contributed by atoms with Crippen molar-refractivity contribution in [3.05, 3.63) is 29.8 Å². The number of aryl methyl sites for hydroxylation is 1. The zero-order valence-corrected chi connectivity index (χ0v) is 12.3. The third kappa shape index (κ3) is 5.13. The first-order valence-electron chi connectivity index (χ1n) is 6.23. The molecule has 20 heavy (non-hydrogen) atoms. The average molecular weight is 309 g/mol. The summed E-state index contributed by atoms with van der Waals surface area (Å²) >= 11 is 0. The first-order valence-corrected chi connectivity index (χ1v) is 7.67. The second kappa shape index (κ2) is 6.58. The van der Waals surface area contributed by atoms with E-state index in [0.717, 1.165) is 9.87 Å². The highest BCUT2D eigenvalue weighted by Gasteiger charge is 2.26. The van der Waals surface area contributed by atoms with Crippen LogP contribution in [-0.2, 0) is 10.0 Å². The lowest BCUT2D eigenvalue weighted by Gasteiger charge is -2.17. The van der Waals surface area contributed by atoms with Crippen LogP contribution in [0.5, 0.6) is 0 Å². The number of rotatable bonds is 6. The summed E-state index contributed by atoms with van der Waals surface area (Å²) in [5.74, 6) is 0. The molecule has 0 bridgehead atoms. The minimum atomic E-state index is -4.19. The molecular formula is C13H18F3NO2S. The zero-order chi connectivity index (χ0) is 15.4. The molecule has 7 heteroatoms. The van der Waals surface area contributed by atoms with Gasteiger partial charge < -0.3 is 0 Å². The Bertz CT molecular complexity index is 524. The van der Waals surface area contributed by atoms with E-state index < -0.39 is 22.6 Å². The molecule has 0 spiro atoms. The van der Waals surface area contributed by atoms with Crippen molar-refractivity contribution in [2.45, 2.75) is 37.3 Å². The lowest BCUT2D eigenvalue weighted by molar-refractivity contribution is -0.135. The number of halogens is 3. The summed E-state index contributed by atoms with van der Waals surface area (Å²) in [6, 6.07) is 6.36. The van der Waals surface area contributed by atoms with Gasteiger partial charge in [0.05, 0.1) is 4.90 Å². The fourth-order valence-corrected chi connectivity index (χ4v) is 2.88. The van der Waals surface area contributed by atoms with Crippen LogP contribution in [0.25, 0.3) is 0 Å². The average Bonchev–Trinajstić information content (AvgIpc) is 2.33. The van der Waals surface area contributed by atoms with E-state index in [2.05, 4.69) is 0 Å². The van der Waals surface area contributed by atoms with Crippen molar-refractivity contribution in [3.8, 4) is 0 Å². The van der Waals surface area contributed by atoms with Gasteiger partial charge in [0.2, 0.25) is 10.0 Å². The maximum Gasteiger partial charge on any atom is 0.389 e. The summed E-state index contributed by atoms with van der Waals surface area (Å²) in [6.45, 7) is 1.92. The highest BCUT2D eigenvalue weighted by atomic mass is 32.2. The number of unbranched alkanes of at least 4 members (excludes halogenated alkanes) is 1. The third-order valence-corrected chi connectivity index (χ3v) is 4.78. The predicted molar refractivity (Wildman–Crippen MR) is 70.9 cm³/mol. The SMILES string of the molecule is Cc1ccc(S(=O)(=O)N(C)CCCCC(F)(F)F)cc1. The van der Waals surface area contributed by atoms with Crippen LogP contribution >= 0.6 is 0 Å². The summed E-state index contributed by atoms with van der Waals surface area (Å²) < 4.78 is 61.3. The first-order chi connectivity index (χ1) is 9.13. The first kappa shape index (κ1) is 17.0. The lowest BCUT2D eigenvalue weighted by atomic mass is 10.2. The van der Waals surface area contributed by atoms with Crippen LogP contribution in [0.1, 0.15) is 24.8 Å². The van der Waals surface area contributed by atoms with Gasteiger partial charge in [-0.25, -0.2) is 12.7 Å². The van der Waals surface area contributed by atoms with Crippen molar-refractivity contribution in [1.29, 1.82) is 0 Å². The number of benzene rings is 1. The van der Waals surface area contributed by atoms with E-state index in [1.165, 1.54) is 19.2 Å². The molecule has 1 rings (SSSR count). The van der Waals surface area contributed by atoms with Crippen molar-refractivity contribution in [2.75, 3.05) is 13.6 Å². The minimum absolute atomic E-state index is 0.0722. The molecule has 3 nitrogen and oxygen atoms in total. The number of nitrogens with zero attached hydrogens (tertiary/aromatic N) is 1. The lowest BCUT2D eigenvalue weighted by Crippen LogP contribution is -2.28. The molecule has 0 atom stereocenters. The van der Waals surface area contributed by atoms with Crippen molar-refractivity contribution in [2.24, 2.45) is 0 Å².